The molecule has 2 rings (SSSR count). The highest BCUT2D eigenvalue weighted by Gasteiger charge is 2.19. The van der Waals surface area contributed by atoms with E-state index < -0.39 is 5.92 Å². The molecule has 0 heterocycles. The van der Waals surface area contributed by atoms with Gasteiger partial charge in [0, 0.05) is 23.5 Å². The Morgan fingerprint density at radius 3 is 2.15 bits per heavy atom. The van der Waals surface area contributed by atoms with Gasteiger partial charge in [-0.15, -0.1) is 0 Å². The van der Waals surface area contributed by atoms with E-state index in [2.05, 4.69) is 0 Å². The van der Waals surface area contributed by atoms with Crippen LogP contribution in [0.3, 0.4) is 0 Å². The number of rotatable bonds is 5. The number of carbonyl (C=O) groups excluding carboxylic acids is 2. The zero-order chi connectivity index (χ0) is 14.5. The Balaban J connectivity index is 2.04. The predicted molar refractivity (Wildman–Crippen MR) is 75.3 cm³/mol. The zero-order valence-electron chi connectivity index (χ0n) is 11.2. The molecule has 0 spiro atoms. The standard InChI is InChI=1S/C17H15FO2/c1-12(17(20)14-5-3-2-4-6-14)11-16(19)13-7-9-15(18)10-8-13/h2-10,12H,11H2,1H3. The van der Waals surface area contributed by atoms with Gasteiger partial charge in [0.2, 0.25) is 0 Å². The maximum absolute atomic E-state index is 12.8. The van der Waals surface area contributed by atoms with Crippen molar-refractivity contribution < 1.29 is 14.0 Å². The van der Waals surface area contributed by atoms with Crippen LogP contribution in [0.25, 0.3) is 0 Å². The van der Waals surface area contributed by atoms with E-state index in [4.69, 9.17) is 0 Å². The maximum Gasteiger partial charge on any atom is 0.166 e. The molecule has 3 heteroatoms. The molecular formula is C17H15FO2. The van der Waals surface area contributed by atoms with E-state index in [-0.39, 0.29) is 23.8 Å². The number of benzene rings is 2. The first-order chi connectivity index (χ1) is 9.58. The number of ketones is 2. The van der Waals surface area contributed by atoms with Crippen LogP contribution in [0.1, 0.15) is 34.1 Å². The van der Waals surface area contributed by atoms with Gasteiger partial charge in [-0.25, -0.2) is 4.39 Å². The Kier molecular flexibility index (Phi) is 4.41. The second kappa shape index (κ2) is 6.24. The second-order valence-corrected chi connectivity index (χ2v) is 4.77. The Morgan fingerprint density at radius 2 is 1.55 bits per heavy atom. The monoisotopic (exact) mass is 270 g/mol. The van der Waals surface area contributed by atoms with E-state index >= 15 is 0 Å². The Morgan fingerprint density at radius 1 is 0.950 bits per heavy atom. The van der Waals surface area contributed by atoms with Gasteiger partial charge in [0.15, 0.2) is 11.6 Å². The molecule has 0 N–H and O–H groups in total. The summed E-state index contributed by atoms with van der Waals surface area (Å²) in [6, 6.07) is 14.3. The van der Waals surface area contributed by atoms with E-state index in [0.29, 0.717) is 11.1 Å². The van der Waals surface area contributed by atoms with Gasteiger partial charge in [-0.2, -0.15) is 0 Å². The Labute approximate surface area is 117 Å². The quantitative estimate of drug-likeness (QED) is 0.772. The van der Waals surface area contributed by atoms with Crippen LogP contribution < -0.4 is 0 Å². The lowest BCUT2D eigenvalue weighted by Gasteiger charge is -2.09. The average molecular weight is 270 g/mol. The average Bonchev–Trinajstić information content (AvgIpc) is 2.48. The van der Waals surface area contributed by atoms with Crippen LogP contribution in [-0.4, -0.2) is 11.6 Å². The molecule has 1 unspecified atom stereocenters. The van der Waals surface area contributed by atoms with Crippen molar-refractivity contribution in [1.82, 2.24) is 0 Å². The van der Waals surface area contributed by atoms with Gasteiger partial charge in [-0.1, -0.05) is 37.3 Å². The highest BCUT2D eigenvalue weighted by atomic mass is 19.1. The third kappa shape index (κ3) is 3.38. The highest BCUT2D eigenvalue weighted by molar-refractivity contribution is 6.03. The molecule has 0 saturated carbocycles. The molecule has 0 radical (unpaired) electrons. The summed E-state index contributed by atoms with van der Waals surface area (Å²) in [5, 5.41) is 0. The highest BCUT2D eigenvalue weighted by Crippen LogP contribution is 2.15. The Hall–Kier alpha value is -2.29. The zero-order valence-corrected chi connectivity index (χ0v) is 11.2. The SMILES string of the molecule is CC(CC(=O)c1ccc(F)cc1)C(=O)c1ccccc1. The maximum atomic E-state index is 12.8. The summed E-state index contributed by atoms with van der Waals surface area (Å²) < 4.78 is 12.8. The van der Waals surface area contributed by atoms with E-state index in [1.807, 2.05) is 6.07 Å². The fourth-order valence-corrected chi connectivity index (χ4v) is 2.01. The molecule has 0 aliphatic rings. The smallest absolute Gasteiger partial charge is 0.166 e. The third-order valence-electron chi connectivity index (χ3n) is 3.16. The summed E-state index contributed by atoms with van der Waals surface area (Å²) in [4.78, 5) is 24.2. The van der Waals surface area contributed by atoms with Crippen LogP contribution in [0.4, 0.5) is 4.39 Å². The van der Waals surface area contributed by atoms with Crippen LogP contribution in [-0.2, 0) is 0 Å². The van der Waals surface area contributed by atoms with Gasteiger partial charge in [0.05, 0.1) is 0 Å². The van der Waals surface area contributed by atoms with Crippen molar-refractivity contribution in [3.8, 4) is 0 Å². The predicted octanol–water partition coefficient (Wildman–Crippen LogP) is 3.92. The van der Waals surface area contributed by atoms with Crippen LogP contribution in [0.5, 0.6) is 0 Å². The van der Waals surface area contributed by atoms with Gasteiger partial charge in [0.25, 0.3) is 0 Å². The van der Waals surface area contributed by atoms with E-state index in [9.17, 15) is 14.0 Å². The van der Waals surface area contributed by atoms with Crippen molar-refractivity contribution in [2.24, 2.45) is 5.92 Å². The van der Waals surface area contributed by atoms with Crippen molar-refractivity contribution in [3.05, 3.63) is 71.5 Å². The van der Waals surface area contributed by atoms with Crippen molar-refractivity contribution in [3.63, 3.8) is 0 Å². The lowest BCUT2D eigenvalue weighted by atomic mass is 9.92. The molecule has 20 heavy (non-hydrogen) atoms. The van der Waals surface area contributed by atoms with Crippen LogP contribution >= 0.6 is 0 Å². The summed E-state index contributed by atoms with van der Waals surface area (Å²) >= 11 is 0. The first kappa shape index (κ1) is 14.1. The first-order valence-corrected chi connectivity index (χ1v) is 6.46. The largest absolute Gasteiger partial charge is 0.294 e. The number of hydrogen-bond donors (Lipinski definition) is 0. The summed E-state index contributed by atoms with van der Waals surface area (Å²) in [5.74, 6) is -0.979. The normalized spacial score (nSPS) is 11.9. The fraction of sp³-hybridized carbons (Fsp3) is 0.176. The topological polar surface area (TPSA) is 34.1 Å². The van der Waals surface area contributed by atoms with Gasteiger partial charge < -0.3 is 0 Å². The van der Waals surface area contributed by atoms with E-state index in [1.54, 1.807) is 31.2 Å². The molecule has 1 atom stereocenters. The second-order valence-electron chi connectivity index (χ2n) is 4.77. The number of carbonyl (C=O) groups is 2. The van der Waals surface area contributed by atoms with Gasteiger partial charge in [-0.05, 0) is 24.3 Å². The van der Waals surface area contributed by atoms with Crippen molar-refractivity contribution >= 4 is 11.6 Å². The van der Waals surface area contributed by atoms with Crippen molar-refractivity contribution in [1.29, 1.82) is 0 Å². The van der Waals surface area contributed by atoms with Gasteiger partial charge >= 0.3 is 0 Å². The fourth-order valence-electron chi connectivity index (χ4n) is 2.01. The Bertz CT molecular complexity index is 603. The van der Waals surface area contributed by atoms with Crippen LogP contribution in [0, 0.1) is 11.7 Å². The summed E-state index contributed by atoms with van der Waals surface area (Å²) in [5.41, 5.74) is 1.03. The van der Waals surface area contributed by atoms with Crippen LogP contribution in [0.2, 0.25) is 0 Å². The first-order valence-electron chi connectivity index (χ1n) is 6.46. The molecule has 0 saturated heterocycles. The third-order valence-corrected chi connectivity index (χ3v) is 3.16. The molecule has 2 nitrogen and oxygen atoms in total. The molecule has 0 fully saturated rings. The molecule has 102 valence electrons. The molecule has 2 aromatic carbocycles. The minimum atomic E-state index is -0.394. The van der Waals surface area contributed by atoms with E-state index in [0.717, 1.165) is 0 Å². The summed E-state index contributed by atoms with van der Waals surface area (Å²) in [7, 11) is 0. The lowest BCUT2D eigenvalue weighted by Crippen LogP contribution is -2.16. The van der Waals surface area contributed by atoms with Crippen molar-refractivity contribution in [2.45, 2.75) is 13.3 Å². The molecule has 0 aliphatic heterocycles. The molecule has 2 aromatic rings. The number of halogens is 1. The lowest BCUT2D eigenvalue weighted by molar-refractivity contribution is 0.0863. The molecule has 0 aromatic heterocycles. The van der Waals surface area contributed by atoms with Crippen LogP contribution in [0.15, 0.2) is 54.6 Å². The van der Waals surface area contributed by atoms with Gasteiger partial charge in [0.1, 0.15) is 5.82 Å². The minimum absolute atomic E-state index is 0.0546. The van der Waals surface area contributed by atoms with Gasteiger partial charge in [-0.3, -0.25) is 9.59 Å². The summed E-state index contributed by atoms with van der Waals surface area (Å²) in [6.45, 7) is 1.73. The van der Waals surface area contributed by atoms with Crippen molar-refractivity contribution in [2.75, 3.05) is 0 Å². The molecule has 0 bridgehead atoms. The number of Topliss-reactive ketones (excluding diaryl/α,β-unsaturated/α-hetero) is 2. The number of hydrogen-bond acceptors (Lipinski definition) is 2. The van der Waals surface area contributed by atoms with E-state index in [1.165, 1.54) is 24.3 Å². The molecule has 0 aliphatic carbocycles. The summed E-state index contributed by atoms with van der Waals surface area (Å²) in [6.07, 6.45) is 0.124. The molecule has 0 amide bonds. The molecular weight excluding hydrogens is 255 g/mol. The minimum Gasteiger partial charge on any atom is -0.294 e.